The lowest BCUT2D eigenvalue weighted by Crippen LogP contribution is -2.12. The Balaban J connectivity index is 1.76. The summed E-state index contributed by atoms with van der Waals surface area (Å²) in [6, 6.07) is 8.93. The highest BCUT2D eigenvalue weighted by molar-refractivity contribution is 7.13. The SMILES string of the molecule is O=C(Nc1nccs1)c1cccc2[nH]c(-c3ccnc(Cl)c3)nc12. The summed E-state index contributed by atoms with van der Waals surface area (Å²) in [5.74, 6) is 0.380. The van der Waals surface area contributed by atoms with Crippen LogP contribution in [0.5, 0.6) is 0 Å². The van der Waals surface area contributed by atoms with E-state index in [2.05, 4.69) is 25.3 Å². The second-order valence-electron chi connectivity index (χ2n) is 4.95. The third kappa shape index (κ3) is 2.75. The second kappa shape index (κ2) is 6.03. The number of imidazole rings is 1. The van der Waals surface area contributed by atoms with E-state index in [4.69, 9.17) is 11.6 Å². The Labute approximate surface area is 145 Å². The van der Waals surface area contributed by atoms with Crippen molar-refractivity contribution in [2.75, 3.05) is 5.32 Å². The number of amides is 1. The Hall–Kier alpha value is -2.77. The summed E-state index contributed by atoms with van der Waals surface area (Å²) in [6.45, 7) is 0. The lowest BCUT2D eigenvalue weighted by molar-refractivity contribution is 0.102. The van der Waals surface area contributed by atoms with Crippen LogP contribution in [0, 0.1) is 0 Å². The predicted molar refractivity (Wildman–Crippen MR) is 94.4 cm³/mol. The van der Waals surface area contributed by atoms with Gasteiger partial charge in [-0.1, -0.05) is 17.7 Å². The van der Waals surface area contributed by atoms with Crippen molar-refractivity contribution in [2.45, 2.75) is 0 Å². The van der Waals surface area contributed by atoms with Gasteiger partial charge >= 0.3 is 0 Å². The van der Waals surface area contributed by atoms with E-state index in [0.717, 1.165) is 11.1 Å². The van der Waals surface area contributed by atoms with Crippen LogP contribution in [0.1, 0.15) is 10.4 Å². The van der Waals surface area contributed by atoms with E-state index < -0.39 is 0 Å². The van der Waals surface area contributed by atoms with Crippen LogP contribution in [0.3, 0.4) is 0 Å². The lowest BCUT2D eigenvalue weighted by atomic mass is 10.2. The molecule has 0 atom stereocenters. The quantitative estimate of drug-likeness (QED) is 0.544. The average Bonchev–Trinajstić information content (AvgIpc) is 3.23. The number of halogens is 1. The summed E-state index contributed by atoms with van der Waals surface area (Å²) < 4.78 is 0. The van der Waals surface area contributed by atoms with Crippen LogP contribution < -0.4 is 5.32 Å². The molecule has 0 spiro atoms. The number of pyridine rings is 1. The number of benzene rings is 1. The third-order valence-electron chi connectivity index (χ3n) is 3.41. The van der Waals surface area contributed by atoms with Crippen LogP contribution in [0.2, 0.25) is 5.15 Å². The maximum Gasteiger partial charge on any atom is 0.259 e. The van der Waals surface area contributed by atoms with Crippen molar-refractivity contribution in [3.8, 4) is 11.4 Å². The number of rotatable bonds is 3. The van der Waals surface area contributed by atoms with Crippen molar-refractivity contribution < 1.29 is 4.79 Å². The van der Waals surface area contributed by atoms with E-state index in [-0.39, 0.29) is 5.91 Å². The highest BCUT2D eigenvalue weighted by atomic mass is 35.5. The molecule has 118 valence electrons. The smallest absolute Gasteiger partial charge is 0.259 e. The Kier molecular flexibility index (Phi) is 3.72. The normalized spacial score (nSPS) is 10.9. The van der Waals surface area contributed by atoms with Gasteiger partial charge in [0.15, 0.2) is 5.13 Å². The molecule has 0 radical (unpaired) electrons. The maximum absolute atomic E-state index is 12.5. The van der Waals surface area contributed by atoms with Gasteiger partial charge in [-0.15, -0.1) is 11.3 Å². The van der Waals surface area contributed by atoms with Crippen molar-refractivity contribution >= 4 is 45.0 Å². The monoisotopic (exact) mass is 355 g/mol. The molecule has 0 aliphatic heterocycles. The Morgan fingerprint density at radius 2 is 2.12 bits per heavy atom. The minimum absolute atomic E-state index is 0.249. The maximum atomic E-state index is 12.5. The summed E-state index contributed by atoms with van der Waals surface area (Å²) in [6.07, 6.45) is 3.25. The molecule has 0 unspecified atom stereocenters. The fourth-order valence-corrected chi connectivity index (χ4v) is 3.05. The van der Waals surface area contributed by atoms with E-state index in [1.165, 1.54) is 11.3 Å². The summed E-state index contributed by atoms with van der Waals surface area (Å²) in [4.78, 5) is 28.3. The average molecular weight is 356 g/mol. The molecule has 3 aromatic heterocycles. The van der Waals surface area contributed by atoms with Gasteiger partial charge in [-0.05, 0) is 24.3 Å². The van der Waals surface area contributed by atoms with E-state index in [1.54, 1.807) is 42.0 Å². The number of fused-ring (bicyclic) bond motifs is 1. The fourth-order valence-electron chi connectivity index (χ4n) is 2.35. The van der Waals surface area contributed by atoms with Crippen LogP contribution in [0.4, 0.5) is 5.13 Å². The molecule has 2 N–H and O–H groups in total. The minimum Gasteiger partial charge on any atom is -0.338 e. The van der Waals surface area contributed by atoms with Gasteiger partial charge in [0.2, 0.25) is 0 Å². The van der Waals surface area contributed by atoms with Gasteiger partial charge in [-0.3, -0.25) is 10.1 Å². The van der Waals surface area contributed by atoms with Gasteiger partial charge in [-0.25, -0.2) is 15.0 Å². The number of thiazole rings is 1. The first-order chi connectivity index (χ1) is 11.7. The minimum atomic E-state index is -0.249. The molecule has 0 saturated carbocycles. The summed E-state index contributed by atoms with van der Waals surface area (Å²) >= 11 is 7.29. The fraction of sp³-hybridized carbons (Fsp3) is 0. The van der Waals surface area contributed by atoms with Crippen LogP contribution in [0.25, 0.3) is 22.4 Å². The molecule has 1 aromatic carbocycles. The van der Waals surface area contributed by atoms with Crippen molar-refractivity contribution in [3.05, 3.63) is 58.8 Å². The largest absolute Gasteiger partial charge is 0.338 e. The number of carbonyl (C=O) groups is 1. The second-order valence-corrected chi connectivity index (χ2v) is 6.23. The summed E-state index contributed by atoms with van der Waals surface area (Å²) in [5, 5.41) is 5.51. The molecule has 6 nitrogen and oxygen atoms in total. The first kappa shape index (κ1) is 14.8. The number of nitrogens with one attached hydrogen (secondary N) is 2. The molecular weight excluding hydrogens is 346 g/mol. The van der Waals surface area contributed by atoms with Crippen molar-refractivity contribution in [1.82, 2.24) is 19.9 Å². The molecule has 0 aliphatic carbocycles. The molecular formula is C16H10ClN5OS. The van der Waals surface area contributed by atoms with Crippen molar-refractivity contribution in [1.29, 1.82) is 0 Å². The van der Waals surface area contributed by atoms with Crippen LogP contribution in [0.15, 0.2) is 48.1 Å². The van der Waals surface area contributed by atoms with Gasteiger partial charge in [0.25, 0.3) is 5.91 Å². The summed E-state index contributed by atoms with van der Waals surface area (Å²) in [7, 11) is 0. The Bertz CT molecular complexity index is 1030. The number of carbonyl (C=O) groups excluding carboxylic acids is 1. The topological polar surface area (TPSA) is 83.6 Å². The zero-order chi connectivity index (χ0) is 16.5. The standard InChI is InChI=1S/C16H10ClN5OS/c17-12-8-9(4-5-18-12)14-20-11-3-1-2-10(13(11)21-14)15(23)22-16-19-6-7-24-16/h1-8H,(H,20,21)(H,19,22,23). The van der Waals surface area contributed by atoms with Gasteiger partial charge in [0, 0.05) is 23.3 Å². The van der Waals surface area contributed by atoms with Gasteiger partial charge < -0.3 is 4.98 Å². The predicted octanol–water partition coefficient (Wildman–Crippen LogP) is 3.99. The van der Waals surface area contributed by atoms with E-state index >= 15 is 0 Å². The number of para-hydroxylation sites is 1. The molecule has 1 amide bonds. The molecule has 24 heavy (non-hydrogen) atoms. The zero-order valence-electron chi connectivity index (χ0n) is 12.2. The van der Waals surface area contributed by atoms with Crippen LogP contribution in [-0.2, 0) is 0 Å². The van der Waals surface area contributed by atoms with Gasteiger partial charge in [-0.2, -0.15) is 0 Å². The molecule has 0 aliphatic rings. The summed E-state index contributed by atoms with van der Waals surface area (Å²) in [5.41, 5.74) is 2.64. The van der Waals surface area contributed by atoms with E-state index in [1.807, 2.05) is 6.07 Å². The number of aromatic amines is 1. The Morgan fingerprint density at radius 1 is 1.21 bits per heavy atom. The lowest BCUT2D eigenvalue weighted by Gasteiger charge is -2.02. The first-order valence-corrected chi connectivity index (χ1v) is 8.28. The number of aromatic nitrogens is 4. The molecule has 3 heterocycles. The number of anilines is 1. The van der Waals surface area contributed by atoms with Crippen molar-refractivity contribution in [3.63, 3.8) is 0 Å². The number of hydrogen-bond acceptors (Lipinski definition) is 5. The Morgan fingerprint density at radius 3 is 2.92 bits per heavy atom. The van der Waals surface area contributed by atoms with Gasteiger partial charge in [0.05, 0.1) is 11.1 Å². The first-order valence-electron chi connectivity index (χ1n) is 7.02. The van der Waals surface area contributed by atoms with E-state index in [0.29, 0.717) is 27.2 Å². The molecule has 0 fully saturated rings. The number of hydrogen-bond donors (Lipinski definition) is 2. The molecule has 4 aromatic rings. The molecule has 0 saturated heterocycles. The highest BCUT2D eigenvalue weighted by Crippen LogP contribution is 2.24. The van der Waals surface area contributed by atoms with Crippen LogP contribution in [-0.4, -0.2) is 25.8 Å². The van der Waals surface area contributed by atoms with Gasteiger partial charge in [0.1, 0.15) is 16.5 Å². The highest BCUT2D eigenvalue weighted by Gasteiger charge is 2.15. The zero-order valence-corrected chi connectivity index (χ0v) is 13.7. The molecule has 0 bridgehead atoms. The van der Waals surface area contributed by atoms with Crippen molar-refractivity contribution in [2.24, 2.45) is 0 Å². The number of H-pyrrole nitrogens is 1. The number of nitrogens with zero attached hydrogens (tertiary/aromatic N) is 3. The van der Waals surface area contributed by atoms with E-state index in [9.17, 15) is 4.79 Å². The molecule has 8 heteroatoms. The van der Waals surface area contributed by atoms with Crippen LogP contribution >= 0.6 is 22.9 Å². The molecule has 4 rings (SSSR count). The third-order valence-corrected chi connectivity index (χ3v) is 4.31.